The summed E-state index contributed by atoms with van der Waals surface area (Å²) in [5.41, 5.74) is 1.37. The molecule has 1 rings (SSSR count). The first kappa shape index (κ1) is 18.4. The summed E-state index contributed by atoms with van der Waals surface area (Å²) in [6.45, 7) is 2.18. The lowest BCUT2D eigenvalue weighted by atomic mass is 10.1. The Morgan fingerprint density at radius 3 is 2.32 bits per heavy atom. The molecule has 0 radical (unpaired) electrons. The van der Waals surface area contributed by atoms with Crippen LogP contribution in [0, 0.1) is 0 Å². The van der Waals surface area contributed by atoms with E-state index in [1.165, 1.54) is 5.56 Å². The van der Waals surface area contributed by atoms with E-state index in [0.29, 0.717) is 6.42 Å². The molecule has 0 spiro atoms. The summed E-state index contributed by atoms with van der Waals surface area (Å²) in [6.07, 6.45) is 3.64. The Morgan fingerprint density at radius 2 is 1.74 bits per heavy atom. The molecule has 108 valence electrons. The highest BCUT2D eigenvalue weighted by atomic mass is 35.5. The Morgan fingerprint density at radius 1 is 1.11 bits per heavy atom. The second kappa shape index (κ2) is 9.35. The predicted molar refractivity (Wildman–Crippen MR) is 83.7 cm³/mol. The first-order valence-corrected chi connectivity index (χ1v) is 6.92. The molecule has 0 N–H and O–H groups in total. The van der Waals surface area contributed by atoms with Crippen LogP contribution in [0.2, 0.25) is 0 Å². The summed E-state index contributed by atoms with van der Waals surface area (Å²) >= 11 is 5.31. The number of hydrogen-bond acceptors (Lipinski definition) is 1. The summed E-state index contributed by atoms with van der Waals surface area (Å²) < 4.78 is 0.985. The van der Waals surface area contributed by atoms with Crippen LogP contribution < -0.4 is 0 Å². The van der Waals surface area contributed by atoms with Gasteiger partial charge in [-0.1, -0.05) is 30.3 Å². The van der Waals surface area contributed by atoms with E-state index in [4.69, 9.17) is 11.6 Å². The smallest absolute Gasteiger partial charge is 0.221 e. The van der Waals surface area contributed by atoms with E-state index in [0.717, 1.165) is 36.8 Å². The maximum Gasteiger partial charge on any atom is 0.221 e. The van der Waals surface area contributed by atoms with E-state index in [9.17, 15) is 4.79 Å². The molecule has 0 aliphatic rings. The van der Waals surface area contributed by atoms with Gasteiger partial charge in [0.15, 0.2) is 0 Å². The molecule has 1 aromatic carbocycles. The van der Waals surface area contributed by atoms with Gasteiger partial charge < -0.3 is 4.48 Å². The van der Waals surface area contributed by atoms with Crippen molar-refractivity contribution in [2.24, 2.45) is 0 Å². The highest BCUT2D eigenvalue weighted by Crippen LogP contribution is 2.12. The van der Waals surface area contributed by atoms with Crippen molar-refractivity contribution < 1.29 is 9.28 Å². The molecule has 2 nitrogen and oxygen atoms in total. The average molecular weight is 305 g/mol. The van der Waals surface area contributed by atoms with Gasteiger partial charge in [0.2, 0.25) is 5.24 Å². The number of nitrogens with zero attached hydrogens (tertiary/aromatic N) is 1. The number of carbonyl (C=O) groups is 1. The fourth-order valence-corrected chi connectivity index (χ4v) is 2.27. The third kappa shape index (κ3) is 9.04. The fraction of sp³-hybridized carbons (Fsp3) is 0.533. The summed E-state index contributed by atoms with van der Waals surface area (Å²) in [7, 11) is 4.50. The number of rotatable bonds is 8. The highest BCUT2D eigenvalue weighted by molar-refractivity contribution is 6.63. The molecule has 0 atom stereocenters. The van der Waals surface area contributed by atoms with Crippen molar-refractivity contribution in [3.05, 3.63) is 35.9 Å². The molecule has 0 unspecified atom stereocenters. The van der Waals surface area contributed by atoms with Crippen LogP contribution in [0.5, 0.6) is 0 Å². The molecule has 0 saturated carbocycles. The van der Waals surface area contributed by atoms with Crippen LogP contribution in [0.25, 0.3) is 0 Å². The maximum atomic E-state index is 10.6. The van der Waals surface area contributed by atoms with Gasteiger partial charge in [-0.3, -0.25) is 4.79 Å². The largest absolute Gasteiger partial charge is 0.325 e. The normalized spacial score (nSPS) is 10.9. The first-order chi connectivity index (χ1) is 8.49. The minimum atomic E-state index is -0.215. The molecule has 0 bridgehead atoms. The average Bonchev–Trinajstić information content (AvgIpc) is 2.28. The second-order valence-corrected chi connectivity index (χ2v) is 5.89. The van der Waals surface area contributed by atoms with Crippen molar-refractivity contribution in [1.82, 2.24) is 0 Å². The Balaban J connectivity index is 0.00000324. The fourth-order valence-electron chi connectivity index (χ4n) is 2.14. The van der Waals surface area contributed by atoms with Crippen LogP contribution in [0.3, 0.4) is 0 Å². The molecular formula is C15H24Cl2NO+. The number of halogens is 2. The van der Waals surface area contributed by atoms with Crippen LogP contribution in [0.4, 0.5) is 0 Å². The van der Waals surface area contributed by atoms with E-state index in [1.807, 2.05) is 6.07 Å². The van der Waals surface area contributed by atoms with Gasteiger partial charge in [0.25, 0.3) is 0 Å². The van der Waals surface area contributed by atoms with Crippen LogP contribution in [0.1, 0.15) is 31.2 Å². The molecule has 1 aromatic rings. The SMILES string of the molecule is C[N+](C)(CCCCCC(=O)Cl)Cc1ccccc1.Cl. The van der Waals surface area contributed by atoms with E-state index in [2.05, 4.69) is 38.4 Å². The van der Waals surface area contributed by atoms with Crippen LogP contribution in [-0.4, -0.2) is 30.4 Å². The van der Waals surface area contributed by atoms with Crippen molar-refractivity contribution in [3.8, 4) is 0 Å². The van der Waals surface area contributed by atoms with E-state index in [1.54, 1.807) is 0 Å². The quantitative estimate of drug-likeness (QED) is 0.403. The van der Waals surface area contributed by atoms with E-state index < -0.39 is 0 Å². The topological polar surface area (TPSA) is 17.1 Å². The third-order valence-electron chi connectivity index (χ3n) is 3.09. The zero-order chi connectivity index (χ0) is 13.4. The van der Waals surface area contributed by atoms with Crippen LogP contribution >= 0.6 is 24.0 Å². The molecule has 0 saturated heterocycles. The molecule has 0 fully saturated rings. The van der Waals surface area contributed by atoms with Crippen molar-refractivity contribution in [2.45, 2.75) is 32.2 Å². The lowest BCUT2D eigenvalue weighted by Crippen LogP contribution is -2.39. The summed E-state index contributed by atoms with van der Waals surface area (Å²) in [5, 5.41) is -0.215. The number of carbonyl (C=O) groups excluding carboxylic acids is 1. The second-order valence-electron chi connectivity index (χ2n) is 5.47. The molecular weight excluding hydrogens is 281 g/mol. The molecule has 0 aliphatic heterocycles. The van der Waals surface area contributed by atoms with Crippen molar-refractivity contribution in [2.75, 3.05) is 20.6 Å². The van der Waals surface area contributed by atoms with Crippen LogP contribution in [-0.2, 0) is 11.3 Å². The number of benzene rings is 1. The van der Waals surface area contributed by atoms with Gasteiger partial charge in [0.05, 0.1) is 20.6 Å². The van der Waals surface area contributed by atoms with Crippen molar-refractivity contribution in [3.63, 3.8) is 0 Å². The van der Waals surface area contributed by atoms with Gasteiger partial charge in [-0.15, -0.1) is 12.4 Å². The highest BCUT2D eigenvalue weighted by Gasteiger charge is 2.14. The van der Waals surface area contributed by atoms with Crippen molar-refractivity contribution >= 4 is 29.3 Å². The standard InChI is InChI=1S/C15H23ClNO.ClH/c1-17(2,12-8-4-7-11-15(16)18)13-14-9-5-3-6-10-14;/h3,5-6,9-10H,4,7-8,11-13H2,1-2H3;1H/q+1;. The minimum absolute atomic E-state index is 0. The third-order valence-corrected chi connectivity index (χ3v) is 3.28. The van der Waals surface area contributed by atoms with Gasteiger partial charge in [0, 0.05) is 12.0 Å². The Bertz CT molecular complexity index is 366. The molecule has 0 amide bonds. The molecule has 19 heavy (non-hydrogen) atoms. The zero-order valence-electron chi connectivity index (χ0n) is 11.8. The Labute approximate surface area is 127 Å². The first-order valence-electron chi connectivity index (χ1n) is 6.54. The molecule has 0 aliphatic carbocycles. The van der Waals surface area contributed by atoms with E-state index in [-0.39, 0.29) is 17.6 Å². The monoisotopic (exact) mass is 304 g/mol. The Hall–Kier alpha value is -0.570. The summed E-state index contributed by atoms with van der Waals surface area (Å²) in [6, 6.07) is 10.6. The van der Waals surface area contributed by atoms with Gasteiger partial charge in [-0.2, -0.15) is 0 Å². The molecule has 0 aromatic heterocycles. The zero-order valence-corrected chi connectivity index (χ0v) is 13.3. The van der Waals surface area contributed by atoms with Gasteiger partial charge in [0.1, 0.15) is 6.54 Å². The minimum Gasteiger partial charge on any atom is -0.325 e. The summed E-state index contributed by atoms with van der Waals surface area (Å²) in [5.74, 6) is 0. The van der Waals surface area contributed by atoms with Gasteiger partial charge in [-0.05, 0) is 30.9 Å². The summed E-state index contributed by atoms with van der Waals surface area (Å²) in [4.78, 5) is 10.6. The van der Waals surface area contributed by atoms with Gasteiger partial charge >= 0.3 is 0 Å². The van der Waals surface area contributed by atoms with Gasteiger partial charge in [-0.25, -0.2) is 0 Å². The van der Waals surface area contributed by atoms with Crippen molar-refractivity contribution in [1.29, 1.82) is 0 Å². The van der Waals surface area contributed by atoms with E-state index >= 15 is 0 Å². The molecule has 4 heteroatoms. The number of unbranched alkanes of at least 4 members (excludes halogenated alkanes) is 2. The number of hydrogen-bond donors (Lipinski definition) is 0. The lowest BCUT2D eigenvalue weighted by molar-refractivity contribution is -0.903. The lowest BCUT2D eigenvalue weighted by Gasteiger charge is -2.30. The number of quaternary nitrogens is 1. The maximum absolute atomic E-state index is 10.6. The predicted octanol–water partition coefficient (Wildman–Crippen LogP) is 4.01. The Kier molecular flexibility index (Phi) is 9.07. The van der Waals surface area contributed by atoms with Crippen LogP contribution in [0.15, 0.2) is 30.3 Å². The molecule has 0 heterocycles.